The molecule has 2 fully saturated rings. The van der Waals surface area contributed by atoms with E-state index >= 15 is 0 Å². The van der Waals surface area contributed by atoms with Crippen LogP contribution in [0.3, 0.4) is 0 Å². The molecule has 0 spiro atoms. The standard InChI is InChI=1S/C21H31ClN2O2/c1-23(2)18-10-12-24(13-11-18)21(25)15-26-20-9-8-17(22)14-19(20)16-6-4-3-5-7-16/h8-9,14,16,18H,3-7,10-13,15H2,1-2H3. The van der Waals surface area contributed by atoms with Crippen molar-refractivity contribution in [1.29, 1.82) is 0 Å². The minimum atomic E-state index is 0.0896. The van der Waals surface area contributed by atoms with E-state index in [2.05, 4.69) is 19.0 Å². The van der Waals surface area contributed by atoms with Crippen molar-refractivity contribution in [1.82, 2.24) is 9.80 Å². The van der Waals surface area contributed by atoms with Gasteiger partial charge in [0, 0.05) is 24.2 Å². The van der Waals surface area contributed by atoms with E-state index in [1.807, 2.05) is 23.1 Å². The number of hydrogen-bond acceptors (Lipinski definition) is 3. The number of ether oxygens (including phenoxy) is 1. The lowest BCUT2D eigenvalue weighted by Crippen LogP contribution is -2.45. The Bertz CT molecular complexity index is 606. The monoisotopic (exact) mass is 378 g/mol. The van der Waals surface area contributed by atoms with Crippen molar-refractivity contribution in [3.63, 3.8) is 0 Å². The fourth-order valence-corrected chi connectivity index (χ4v) is 4.43. The first-order chi connectivity index (χ1) is 12.5. The maximum absolute atomic E-state index is 12.6. The molecular formula is C21H31ClN2O2. The predicted molar refractivity (Wildman–Crippen MR) is 106 cm³/mol. The molecule has 3 rings (SSSR count). The predicted octanol–water partition coefficient (Wildman–Crippen LogP) is 4.32. The number of hydrogen-bond donors (Lipinski definition) is 0. The van der Waals surface area contributed by atoms with E-state index in [1.165, 1.54) is 37.7 Å². The first-order valence-corrected chi connectivity index (χ1v) is 10.3. The fourth-order valence-electron chi connectivity index (χ4n) is 4.25. The quantitative estimate of drug-likeness (QED) is 0.764. The number of halogens is 1. The van der Waals surface area contributed by atoms with Crippen LogP contribution in [-0.2, 0) is 4.79 Å². The van der Waals surface area contributed by atoms with Gasteiger partial charge in [-0.25, -0.2) is 0 Å². The Morgan fingerprint density at radius 2 is 1.85 bits per heavy atom. The summed E-state index contributed by atoms with van der Waals surface area (Å²) in [6.45, 7) is 1.76. The van der Waals surface area contributed by atoms with Gasteiger partial charge in [0.2, 0.25) is 0 Å². The average Bonchev–Trinajstić information content (AvgIpc) is 2.67. The fraction of sp³-hybridized carbons (Fsp3) is 0.667. The van der Waals surface area contributed by atoms with E-state index in [0.29, 0.717) is 12.0 Å². The molecule has 0 bridgehead atoms. The molecule has 4 nitrogen and oxygen atoms in total. The molecule has 0 unspecified atom stereocenters. The first kappa shape index (κ1) is 19.5. The van der Waals surface area contributed by atoms with E-state index in [0.717, 1.165) is 36.7 Å². The minimum Gasteiger partial charge on any atom is -0.483 e. The summed E-state index contributed by atoms with van der Waals surface area (Å²) in [6, 6.07) is 6.39. The molecule has 0 aromatic heterocycles. The van der Waals surface area contributed by atoms with E-state index in [4.69, 9.17) is 16.3 Å². The van der Waals surface area contributed by atoms with Gasteiger partial charge in [-0.05, 0) is 69.5 Å². The highest BCUT2D eigenvalue weighted by Gasteiger charge is 2.25. The summed E-state index contributed by atoms with van der Waals surface area (Å²) >= 11 is 6.22. The lowest BCUT2D eigenvalue weighted by molar-refractivity contribution is -0.134. The van der Waals surface area contributed by atoms with Crippen LogP contribution >= 0.6 is 11.6 Å². The third-order valence-corrected chi connectivity index (χ3v) is 6.15. The van der Waals surface area contributed by atoms with Crippen LogP contribution in [0.5, 0.6) is 5.75 Å². The SMILES string of the molecule is CN(C)C1CCN(C(=O)COc2ccc(Cl)cc2C2CCCCC2)CC1. The van der Waals surface area contributed by atoms with E-state index in [-0.39, 0.29) is 12.5 Å². The minimum absolute atomic E-state index is 0.0896. The highest BCUT2D eigenvalue weighted by molar-refractivity contribution is 6.30. The van der Waals surface area contributed by atoms with Crippen LogP contribution < -0.4 is 4.74 Å². The van der Waals surface area contributed by atoms with Crippen molar-refractivity contribution in [3.05, 3.63) is 28.8 Å². The molecule has 144 valence electrons. The molecule has 1 heterocycles. The van der Waals surface area contributed by atoms with Crippen molar-refractivity contribution in [3.8, 4) is 5.75 Å². The molecule has 1 amide bonds. The third kappa shape index (κ3) is 4.92. The Kier molecular flexibility index (Phi) is 6.82. The van der Waals surface area contributed by atoms with Crippen molar-refractivity contribution >= 4 is 17.5 Å². The van der Waals surface area contributed by atoms with Crippen molar-refractivity contribution < 1.29 is 9.53 Å². The van der Waals surface area contributed by atoms with Crippen molar-refractivity contribution in [2.45, 2.75) is 56.9 Å². The van der Waals surface area contributed by atoms with E-state index < -0.39 is 0 Å². The number of benzene rings is 1. The van der Waals surface area contributed by atoms with E-state index in [9.17, 15) is 4.79 Å². The summed E-state index contributed by atoms with van der Waals surface area (Å²) in [5.74, 6) is 1.42. The summed E-state index contributed by atoms with van der Waals surface area (Å²) in [6.07, 6.45) is 8.27. The summed E-state index contributed by atoms with van der Waals surface area (Å²) in [7, 11) is 4.22. The second-order valence-corrected chi connectivity index (χ2v) is 8.32. The van der Waals surface area contributed by atoms with Crippen molar-refractivity contribution in [2.75, 3.05) is 33.8 Å². The highest BCUT2D eigenvalue weighted by atomic mass is 35.5. The summed E-state index contributed by atoms with van der Waals surface area (Å²) in [5.41, 5.74) is 1.18. The van der Waals surface area contributed by atoms with Gasteiger partial charge in [-0.15, -0.1) is 0 Å². The molecular weight excluding hydrogens is 348 g/mol. The molecule has 2 aliphatic rings. The van der Waals surface area contributed by atoms with Gasteiger partial charge in [0.1, 0.15) is 5.75 Å². The number of amides is 1. The summed E-state index contributed by atoms with van der Waals surface area (Å²) in [4.78, 5) is 16.8. The van der Waals surface area contributed by atoms with Gasteiger partial charge >= 0.3 is 0 Å². The number of rotatable bonds is 5. The molecule has 26 heavy (non-hydrogen) atoms. The molecule has 1 aliphatic heterocycles. The molecule has 1 saturated carbocycles. The average molecular weight is 379 g/mol. The van der Waals surface area contributed by atoms with Gasteiger partial charge in [0.05, 0.1) is 0 Å². The maximum atomic E-state index is 12.6. The lowest BCUT2D eigenvalue weighted by Gasteiger charge is -2.35. The second-order valence-electron chi connectivity index (χ2n) is 7.88. The third-order valence-electron chi connectivity index (χ3n) is 5.92. The molecule has 0 N–H and O–H groups in total. The number of nitrogens with zero attached hydrogens (tertiary/aromatic N) is 2. The number of likely N-dealkylation sites (tertiary alicyclic amines) is 1. The molecule has 1 aliphatic carbocycles. The maximum Gasteiger partial charge on any atom is 0.260 e. The van der Waals surface area contributed by atoms with Crippen LogP contribution in [0.4, 0.5) is 0 Å². The number of piperidine rings is 1. The summed E-state index contributed by atoms with van der Waals surface area (Å²) in [5, 5.41) is 0.745. The number of carbonyl (C=O) groups excluding carboxylic acids is 1. The Morgan fingerprint density at radius 3 is 2.50 bits per heavy atom. The van der Waals surface area contributed by atoms with E-state index in [1.54, 1.807) is 0 Å². The zero-order valence-corrected chi connectivity index (χ0v) is 16.8. The van der Waals surface area contributed by atoms with Crippen molar-refractivity contribution in [2.24, 2.45) is 0 Å². The topological polar surface area (TPSA) is 32.8 Å². The molecule has 1 aromatic carbocycles. The first-order valence-electron chi connectivity index (χ1n) is 9.91. The smallest absolute Gasteiger partial charge is 0.260 e. The van der Waals surface area contributed by atoms with Gasteiger partial charge < -0.3 is 14.5 Å². The zero-order chi connectivity index (χ0) is 18.5. The second kappa shape index (κ2) is 9.09. The molecule has 1 aromatic rings. The van der Waals surface area contributed by atoms with Crippen LogP contribution in [0.2, 0.25) is 5.02 Å². The lowest BCUT2D eigenvalue weighted by atomic mass is 9.84. The Balaban J connectivity index is 1.58. The Labute approximate surface area is 162 Å². The van der Waals surface area contributed by atoms with Crippen LogP contribution in [0, 0.1) is 0 Å². The van der Waals surface area contributed by atoms with Gasteiger partial charge in [-0.1, -0.05) is 30.9 Å². The van der Waals surface area contributed by atoms with Gasteiger partial charge in [0.15, 0.2) is 6.61 Å². The van der Waals surface area contributed by atoms with Crippen LogP contribution in [-0.4, -0.2) is 55.5 Å². The molecule has 0 radical (unpaired) electrons. The molecule has 0 atom stereocenters. The summed E-state index contributed by atoms with van der Waals surface area (Å²) < 4.78 is 5.97. The highest BCUT2D eigenvalue weighted by Crippen LogP contribution is 2.38. The Hall–Kier alpha value is -1.26. The van der Waals surface area contributed by atoms with Crippen LogP contribution in [0.25, 0.3) is 0 Å². The Morgan fingerprint density at radius 1 is 1.15 bits per heavy atom. The normalized spacial score (nSPS) is 19.8. The van der Waals surface area contributed by atoms with Gasteiger partial charge in [0.25, 0.3) is 5.91 Å². The molecule has 5 heteroatoms. The van der Waals surface area contributed by atoms with Gasteiger partial charge in [-0.3, -0.25) is 4.79 Å². The molecule has 1 saturated heterocycles. The van der Waals surface area contributed by atoms with Gasteiger partial charge in [-0.2, -0.15) is 0 Å². The van der Waals surface area contributed by atoms with Crippen LogP contribution in [0.1, 0.15) is 56.4 Å². The van der Waals surface area contributed by atoms with Crippen LogP contribution in [0.15, 0.2) is 18.2 Å². The zero-order valence-electron chi connectivity index (χ0n) is 16.0. The largest absolute Gasteiger partial charge is 0.483 e. The number of carbonyl (C=O) groups is 1.